The highest BCUT2D eigenvalue weighted by molar-refractivity contribution is 7.91. The van der Waals surface area contributed by atoms with E-state index < -0.39 is 9.84 Å². The van der Waals surface area contributed by atoms with E-state index in [1.807, 2.05) is 6.07 Å². The molecule has 0 saturated heterocycles. The van der Waals surface area contributed by atoms with E-state index in [0.29, 0.717) is 24.1 Å². The van der Waals surface area contributed by atoms with Gasteiger partial charge < -0.3 is 5.32 Å². The SMILES string of the molecule is CCC(CC)C(C)NCCS(=O)(=O)c1ccc(C#N)cc1. The molecule has 0 aliphatic rings. The Morgan fingerprint density at radius 3 is 2.24 bits per heavy atom. The van der Waals surface area contributed by atoms with Crippen molar-refractivity contribution in [2.45, 2.75) is 44.6 Å². The van der Waals surface area contributed by atoms with Gasteiger partial charge in [0.1, 0.15) is 0 Å². The summed E-state index contributed by atoms with van der Waals surface area (Å²) in [5, 5.41) is 12.0. The van der Waals surface area contributed by atoms with Crippen molar-refractivity contribution in [2.75, 3.05) is 12.3 Å². The second-order valence-electron chi connectivity index (χ2n) is 5.27. The van der Waals surface area contributed by atoms with Crippen LogP contribution in [0.5, 0.6) is 0 Å². The molecule has 1 unspecified atom stereocenters. The van der Waals surface area contributed by atoms with Gasteiger partial charge in [0.15, 0.2) is 9.84 Å². The summed E-state index contributed by atoms with van der Waals surface area (Å²) in [5.74, 6) is 0.645. The molecule has 0 aromatic heterocycles. The van der Waals surface area contributed by atoms with Crippen molar-refractivity contribution in [3.05, 3.63) is 29.8 Å². The van der Waals surface area contributed by atoms with E-state index in [0.717, 1.165) is 12.8 Å². The summed E-state index contributed by atoms with van der Waals surface area (Å²) in [6.45, 7) is 6.85. The van der Waals surface area contributed by atoms with Crippen LogP contribution >= 0.6 is 0 Å². The lowest BCUT2D eigenvalue weighted by Gasteiger charge is -2.22. The lowest BCUT2D eigenvalue weighted by molar-refractivity contribution is 0.360. The highest BCUT2D eigenvalue weighted by Crippen LogP contribution is 2.14. The number of nitrogens with zero attached hydrogens (tertiary/aromatic N) is 1. The summed E-state index contributed by atoms with van der Waals surface area (Å²) >= 11 is 0. The van der Waals surface area contributed by atoms with Crippen molar-refractivity contribution >= 4 is 9.84 Å². The molecule has 0 fully saturated rings. The van der Waals surface area contributed by atoms with E-state index in [9.17, 15) is 8.42 Å². The topological polar surface area (TPSA) is 70.0 Å². The van der Waals surface area contributed by atoms with Crippen LogP contribution in [0.3, 0.4) is 0 Å². The zero-order chi connectivity index (χ0) is 15.9. The Hall–Kier alpha value is -1.38. The minimum Gasteiger partial charge on any atom is -0.313 e. The van der Waals surface area contributed by atoms with Gasteiger partial charge in [-0.25, -0.2) is 8.42 Å². The molecule has 5 heteroatoms. The monoisotopic (exact) mass is 308 g/mol. The number of rotatable bonds is 8. The van der Waals surface area contributed by atoms with Crippen LogP contribution in [-0.4, -0.2) is 26.8 Å². The molecular weight excluding hydrogens is 284 g/mol. The number of benzene rings is 1. The first kappa shape index (κ1) is 17.7. The first-order chi connectivity index (χ1) is 9.94. The molecule has 0 heterocycles. The van der Waals surface area contributed by atoms with Gasteiger partial charge >= 0.3 is 0 Å². The van der Waals surface area contributed by atoms with E-state index in [1.165, 1.54) is 24.3 Å². The van der Waals surface area contributed by atoms with Gasteiger partial charge in [0.05, 0.1) is 22.3 Å². The Bertz CT molecular complexity index is 569. The Balaban J connectivity index is 2.59. The van der Waals surface area contributed by atoms with Gasteiger partial charge in [0.25, 0.3) is 0 Å². The number of sulfone groups is 1. The predicted octanol–water partition coefficient (Wildman–Crippen LogP) is 2.75. The third-order valence-corrected chi connectivity index (χ3v) is 5.67. The molecule has 0 amide bonds. The first-order valence-corrected chi connectivity index (χ1v) is 9.06. The molecule has 0 aliphatic heterocycles. The van der Waals surface area contributed by atoms with Crippen LogP contribution in [0, 0.1) is 17.2 Å². The lowest BCUT2D eigenvalue weighted by Crippen LogP contribution is -2.36. The quantitative estimate of drug-likeness (QED) is 0.801. The van der Waals surface area contributed by atoms with E-state index in [4.69, 9.17) is 5.26 Å². The highest BCUT2D eigenvalue weighted by Gasteiger charge is 2.17. The summed E-state index contributed by atoms with van der Waals surface area (Å²) in [4.78, 5) is 0.276. The van der Waals surface area contributed by atoms with Crippen molar-refractivity contribution in [3.8, 4) is 6.07 Å². The smallest absolute Gasteiger partial charge is 0.179 e. The fourth-order valence-electron chi connectivity index (χ4n) is 2.44. The normalized spacial score (nSPS) is 13.1. The molecule has 0 spiro atoms. The maximum atomic E-state index is 12.2. The molecule has 0 radical (unpaired) electrons. The molecule has 1 aromatic carbocycles. The van der Waals surface area contributed by atoms with Gasteiger partial charge in [0, 0.05) is 12.6 Å². The number of nitriles is 1. The van der Waals surface area contributed by atoms with Crippen molar-refractivity contribution < 1.29 is 8.42 Å². The van der Waals surface area contributed by atoms with Gasteiger partial charge in [-0.1, -0.05) is 26.7 Å². The third-order valence-electron chi connectivity index (χ3n) is 3.94. The molecule has 1 rings (SSSR count). The molecule has 1 aromatic rings. The number of hydrogen-bond acceptors (Lipinski definition) is 4. The van der Waals surface area contributed by atoms with E-state index in [1.54, 1.807) is 0 Å². The maximum Gasteiger partial charge on any atom is 0.179 e. The fourth-order valence-corrected chi connectivity index (χ4v) is 3.61. The van der Waals surface area contributed by atoms with Crippen LogP contribution in [0.1, 0.15) is 39.2 Å². The number of hydrogen-bond donors (Lipinski definition) is 1. The zero-order valence-corrected chi connectivity index (χ0v) is 13.8. The van der Waals surface area contributed by atoms with E-state index in [2.05, 4.69) is 26.1 Å². The third kappa shape index (κ3) is 5.14. The Morgan fingerprint density at radius 1 is 1.19 bits per heavy atom. The van der Waals surface area contributed by atoms with Gasteiger partial charge in [-0.15, -0.1) is 0 Å². The highest BCUT2D eigenvalue weighted by atomic mass is 32.2. The van der Waals surface area contributed by atoms with Crippen LogP contribution < -0.4 is 5.32 Å². The maximum absolute atomic E-state index is 12.2. The molecule has 116 valence electrons. The molecular formula is C16H24N2O2S. The standard InChI is InChI=1S/C16H24N2O2S/c1-4-15(5-2)13(3)18-10-11-21(19,20)16-8-6-14(12-17)7-9-16/h6-9,13,15,18H,4-5,10-11H2,1-3H3. The minimum absolute atomic E-state index is 0.0728. The molecule has 1 atom stereocenters. The molecule has 1 N–H and O–H groups in total. The predicted molar refractivity (Wildman–Crippen MR) is 84.7 cm³/mol. The second kappa shape index (κ2) is 8.16. The molecule has 0 saturated carbocycles. The summed E-state index contributed by atoms with van der Waals surface area (Å²) in [5.41, 5.74) is 0.467. The largest absolute Gasteiger partial charge is 0.313 e. The van der Waals surface area contributed by atoms with Crippen molar-refractivity contribution in [2.24, 2.45) is 5.92 Å². The van der Waals surface area contributed by atoms with Crippen LogP contribution in [-0.2, 0) is 9.84 Å². The van der Waals surface area contributed by atoms with Crippen LogP contribution in [0.4, 0.5) is 0 Å². The van der Waals surface area contributed by atoms with Crippen molar-refractivity contribution in [1.82, 2.24) is 5.32 Å². The summed E-state index contributed by atoms with van der Waals surface area (Å²) in [6, 6.07) is 8.36. The number of nitrogens with one attached hydrogen (secondary N) is 1. The summed E-state index contributed by atoms with van der Waals surface area (Å²) in [7, 11) is -3.29. The molecule has 4 nitrogen and oxygen atoms in total. The summed E-state index contributed by atoms with van der Waals surface area (Å²) < 4.78 is 24.4. The van der Waals surface area contributed by atoms with Crippen LogP contribution in [0.2, 0.25) is 0 Å². The van der Waals surface area contributed by atoms with Gasteiger partial charge in [-0.3, -0.25) is 0 Å². The van der Waals surface area contributed by atoms with Gasteiger partial charge in [-0.05, 0) is 37.1 Å². The van der Waals surface area contributed by atoms with Crippen LogP contribution in [0.25, 0.3) is 0 Å². The molecule has 0 aliphatic carbocycles. The molecule has 0 bridgehead atoms. The minimum atomic E-state index is -3.29. The Morgan fingerprint density at radius 2 is 1.76 bits per heavy atom. The van der Waals surface area contributed by atoms with Crippen molar-refractivity contribution in [3.63, 3.8) is 0 Å². The summed E-state index contributed by atoms with van der Waals surface area (Å²) in [6.07, 6.45) is 2.18. The zero-order valence-electron chi connectivity index (χ0n) is 13.0. The van der Waals surface area contributed by atoms with Gasteiger partial charge in [-0.2, -0.15) is 5.26 Å². The average molecular weight is 308 g/mol. The van der Waals surface area contributed by atoms with Crippen molar-refractivity contribution in [1.29, 1.82) is 5.26 Å². The average Bonchev–Trinajstić information content (AvgIpc) is 2.48. The molecule has 21 heavy (non-hydrogen) atoms. The fraction of sp³-hybridized carbons (Fsp3) is 0.562. The van der Waals surface area contributed by atoms with E-state index >= 15 is 0 Å². The van der Waals surface area contributed by atoms with Crippen LogP contribution in [0.15, 0.2) is 29.2 Å². The van der Waals surface area contributed by atoms with E-state index in [-0.39, 0.29) is 10.6 Å². The van der Waals surface area contributed by atoms with Gasteiger partial charge in [0.2, 0.25) is 0 Å². The Kier molecular flexibility index (Phi) is 6.86. The first-order valence-electron chi connectivity index (χ1n) is 7.40. The Labute approximate surface area is 128 Å². The lowest BCUT2D eigenvalue weighted by atomic mass is 9.96. The second-order valence-corrected chi connectivity index (χ2v) is 7.38.